The Kier molecular flexibility index (Phi) is 5.59. The Morgan fingerprint density at radius 1 is 1.14 bits per heavy atom. The summed E-state index contributed by atoms with van der Waals surface area (Å²) in [6.45, 7) is 5.70. The molecule has 29 heavy (non-hydrogen) atoms. The first-order valence-corrected chi connectivity index (χ1v) is 8.99. The lowest BCUT2D eigenvalue weighted by Crippen LogP contribution is -2.03. The van der Waals surface area contributed by atoms with Crippen molar-refractivity contribution in [1.82, 2.24) is 4.57 Å². The topological polar surface area (TPSA) is 86.7 Å². The minimum atomic E-state index is -0.406. The van der Waals surface area contributed by atoms with Crippen LogP contribution in [0.15, 0.2) is 53.5 Å². The number of nitrogens with zero attached hydrogens (tertiary/aromatic N) is 3. The van der Waals surface area contributed by atoms with Crippen LogP contribution in [0.3, 0.4) is 0 Å². The van der Waals surface area contributed by atoms with Gasteiger partial charge < -0.3 is 9.30 Å². The van der Waals surface area contributed by atoms with E-state index in [0.29, 0.717) is 11.3 Å². The molecular weight excluding hydrogens is 370 g/mol. The lowest BCUT2D eigenvalue weighted by atomic mass is 10.1. The van der Waals surface area contributed by atoms with E-state index < -0.39 is 10.9 Å². The molecule has 1 aromatic heterocycles. The van der Waals surface area contributed by atoms with Gasteiger partial charge in [0.25, 0.3) is 5.69 Å². The van der Waals surface area contributed by atoms with E-state index in [1.807, 2.05) is 43.5 Å². The van der Waals surface area contributed by atoms with Crippen LogP contribution in [-0.2, 0) is 4.74 Å². The summed E-state index contributed by atoms with van der Waals surface area (Å²) in [6, 6.07) is 13.8. The van der Waals surface area contributed by atoms with E-state index in [2.05, 4.69) is 4.99 Å². The van der Waals surface area contributed by atoms with Crippen molar-refractivity contribution in [2.24, 2.45) is 4.99 Å². The van der Waals surface area contributed by atoms with E-state index in [1.54, 1.807) is 30.5 Å². The zero-order valence-corrected chi connectivity index (χ0v) is 16.7. The van der Waals surface area contributed by atoms with Gasteiger partial charge in [0.05, 0.1) is 29.0 Å². The maximum Gasteiger partial charge on any atom is 0.338 e. The highest BCUT2D eigenvalue weighted by molar-refractivity contribution is 5.93. The Hall–Kier alpha value is -3.74. The molecule has 0 atom stereocenters. The van der Waals surface area contributed by atoms with Gasteiger partial charge in [-0.05, 0) is 50.6 Å². The molecule has 7 heteroatoms. The number of non-ortho nitro benzene ring substituents is 1. The lowest BCUT2D eigenvalue weighted by molar-refractivity contribution is -0.384. The molecule has 148 valence electrons. The molecule has 0 amide bonds. The van der Waals surface area contributed by atoms with Crippen molar-refractivity contribution in [2.45, 2.75) is 20.8 Å². The third kappa shape index (κ3) is 3.94. The number of ether oxygens (including phenoxy) is 1. The summed E-state index contributed by atoms with van der Waals surface area (Å²) in [6.07, 6.45) is 1.74. The first kappa shape index (κ1) is 20.0. The van der Waals surface area contributed by atoms with Crippen molar-refractivity contribution >= 4 is 23.6 Å². The van der Waals surface area contributed by atoms with Crippen molar-refractivity contribution in [3.63, 3.8) is 0 Å². The molecule has 0 fully saturated rings. The van der Waals surface area contributed by atoms with Crippen LogP contribution >= 0.6 is 0 Å². The van der Waals surface area contributed by atoms with Crippen molar-refractivity contribution < 1.29 is 14.5 Å². The van der Waals surface area contributed by atoms with E-state index in [1.165, 1.54) is 13.2 Å². The van der Waals surface area contributed by atoms with Gasteiger partial charge in [0.2, 0.25) is 0 Å². The fourth-order valence-electron chi connectivity index (χ4n) is 3.29. The predicted octanol–water partition coefficient (Wildman–Crippen LogP) is 4.85. The summed E-state index contributed by atoms with van der Waals surface area (Å²) < 4.78 is 6.76. The first-order valence-electron chi connectivity index (χ1n) is 8.99. The summed E-state index contributed by atoms with van der Waals surface area (Å²) in [7, 11) is 1.35. The normalized spacial score (nSPS) is 11.0. The summed E-state index contributed by atoms with van der Waals surface area (Å²) in [4.78, 5) is 27.1. The van der Waals surface area contributed by atoms with E-state index in [9.17, 15) is 14.9 Å². The molecule has 3 rings (SSSR count). The third-order valence-electron chi connectivity index (χ3n) is 4.82. The summed E-state index contributed by atoms with van der Waals surface area (Å²) in [5.41, 5.74) is 5.38. The summed E-state index contributed by atoms with van der Waals surface area (Å²) >= 11 is 0. The van der Waals surface area contributed by atoms with Crippen LogP contribution in [0.1, 0.15) is 32.9 Å². The van der Waals surface area contributed by atoms with Crippen LogP contribution in [0.5, 0.6) is 0 Å². The molecule has 0 unspecified atom stereocenters. The van der Waals surface area contributed by atoms with Crippen LogP contribution in [0.4, 0.5) is 11.4 Å². The van der Waals surface area contributed by atoms with E-state index in [0.717, 1.165) is 28.2 Å². The molecule has 1 heterocycles. The number of aromatic nitrogens is 1. The molecule has 3 aromatic rings. The zero-order chi connectivity index (χ0) is 21.1. The molecule has 0 aliphatic heterocycles. The number of rotatable bonds is 5. The quantitative estimate of drug-likeness (QED) is 0.269. The van der Waals surface area contributed by atoms with Gasteiger partial charge in [-0.3, -0.25) is 15.1 Å². The summed E-state index contributed by atoms with van der Waals surface area (Å²) in [5.74, 6) is -0.400. The molecule has 7 nitrogen and oxygen atoms in total. The van der Waals surface area contributed by atoms with Crippen LogP contribution in [0.25, 0.3) is 5.69 Å². The van der Waals surface area contributed by atoms with E-state index in [-0.39, 0.29) is 5.69 Å². The molecule has 0 aliphatic rings. The van der Waals surface area contributed by atoms with Crippen LogP contribution in [0, 0.1) is 30.9 Å². The number of methoxy groups -OCH3 is 1. The Morgan fingerprint density at radius 3 is 2.55 bits per heavy atom. The van der Waals surface area contributed by atoms with Crippen molar-refractivity contribution in [2.75, 3.05) is 7.11 Å². The number of nitro groups is 1. The third-order valence-corrected chi connectivity index (χ3v) is 4.82. The Bertz CT molecular complexity index is 1130. The van der Waals surface area contributed by atoms with Crippen molar-refractivity contribution in [3.05, 3.63) is 86.7 Å². The Morgan fingerprint density at radius 2 is 1.86 bits per heavy atom. The van der Waals surface area contributed by atoms with Crippen LogP contribution < -0.4 is 0 Å². The van der Waals surface area contributed by atoms with Gasteiger partial charge in [0.1, 0.15) is 0 Å². The van der Waals surface area contributed by atoms with Crippen molar-refractivity contribution in [3.8, 4) is 5.69 Å². The number of benzene rings is 2. The largest absolute Gasteiger partial charge is 0.465 e. The fraction of sp³-hybridized carbons (Fsp3) is 0.182. The van der Waals surface area contributed by atoms with Crippen molar-refractivity contribution in [1.29, 1.82) is 0 Å². The molecule has 0 N–H and O–H groups in total. The van der Waals surface area contributed by atoms with Gasteiger partial charge in [-0.2, -0.15) is 0 Å². The average molecular weight is 391 g/mol. The second-order valence-electron chi connectivity index (χ2n) is 6.64. The number of carbonyl (C=O) groups excluding carboxylic acids is 1. The number of hydrogen-bond acceptors (Lipinski definition) is 5. The second-order valence-corrected chi connectivity index (χ2v) is 6.64. The number of nitro benzene ring substituents is 1. The number of hydrogen-bond donors (Lipinski definition) is 0. The zero-order valence-electron chi connectivity index (χ0n) is 16.7. The fourth-order valence-corrected chi connectivity index (χ4v) is 3.29. The van der Waals surface area contributed by atoms with Crippen LogP contribution in [0.2, 0.25) is 0 Å². The number of esters is 1. The predicted molar refractivity (Wildman–Crippen MR) is 112 cm³/mol. The van der Waals surface area contributed by atoms with Gasteiger partial charge in [0, 0.05) is 35.3 Å². The van der Waals surface area contributed by atoms with Crippen LogP contribution in [-0.4, -0.2) is 28.8 Å². The molecule has 2 aromatic carbocycles. The maximum absolute atomic E-state index is 11.9. The van der Waals surface area contributed by atoms with Gasteiger partial charge in [-0.15, -0.1) is 0 Å². The SMILES string of the molecule is COC(=O)c1cccc(N=Cc2cc(C)n(-c3cccc([N+](=O)[O-])c3)c2C)c1C. The molecule has 0 bridgehead atoms. The smallest absolute Gasteiger partial charge is 0.338 e. The van der Waals surface area contributed by atoms with Gasteiger partial charge in [-0.25, -0.2) is 4.79 Å². The molecule has 0 saturated heterocycles. The van der Waals surface area contributed by atoms with E-state index >= 15 is 0 Å². The Balaban J connectivity index is 1.99. The number of carbonyl (C=O) groups is 1. The second kappa shape index (κ2) is 8.10. The van der Waals surface area contributed by atoms with E-state index in [4.69, 9.17) is 4.74 Å². The molecule has 0 saturated carbocycles. The highest BCUT2D eigenvalue weighted by Crippen LogP contribution is 2.25. The molecule has 0 aliphatic carbocycles. The highest BCUT2D eigenvalue weighted by Gasteiger charge is 2.14. The minimum absolute atomic E-state index is 0.0421. The molecule has 0 radical (unpaired) electrons. The first-order chi connectivity index (χ1) is 13.8. The standard InChI is InChI=1S/C22H21N3O4/c1-14-11-17(13-23-21-10-6-9-20(15(21)2)22(26)29-4)16(3)24(14)18-7-5-8-19(12-18)25(27)28/h5-13H,1-4H3. The average Bonchev–Trinajstić information content (AvgIpc) is 2.99. The van der Waals surface area contributed by atoms with Gasteiger partial charge in [0.15, 0.2) is 0 Å². The maximum atomic E-state index is 11.9. The minimum Gasteiger partial charge on any atom is -0.465 e. The summed E-state index contributed by atoms with van der Waals surface area (Å²) in [5, 5.41) is 11.1. The highest BCUT2D eigenvalue weighted by atomic mass is 16.6. The molecule has 0 spiro atoms. The monoisotopic (exact) mass is 391 g/mol. The number of aliphatic imine (C=N–C) groups is 1. The Labute approximate surface area is 168 Å². The van der Waals surface area contributed by atoms with Gasteiger partial charge >= 0.3 is 5.97 Å². The van der Waals surface area contributed by atoms with Gasteiger partial charge in [-0.1, -0.05) is 12.1 Å². The molecular formula is C22H21N3O4. The number of aryl methyl sites for hydroxylation is 1. The lowest BCUT2D eigenvalue weighted by Gasteiger charge is -2.09.